The zero-order valence-electron chi connectivity index (χ0n) is 9.16. The molecule has 1 aromatic rings. The van der Waals surface area contributed by atoms with E-state index >= 15 is 0 Å². The molecule has 1 heterocycles. The predicted octanol–water partition coefficient (Wildman–Crippen LogP) is 1.97. The van der Waals surface area contributed by atoms with Crippen molar-refractivity contribution in [3.63, 3.8) is 0 Å². The smallest absolute Gasteiger partial charge is 0.227 e. The highest BCUT2D eigenvalue weighted by atomic mass is 16.5. The van der Waals surface area contributed by atoms with E-state index in [0.29, 0.717) is 0 Å². The van der Waals surface area contributed by atoms with Crippen molar-refractivity contribution in [1.29, 1.82) is 0 Å². The summed E-state index contributed by atoms with van der Waals surface area (Å²) in [6.45, 7) is 4.10. The second kappa shape index (κ2) is 3.07. The van der Waals surface area contributed by atoms with Crippen LogP contribution < -0.4 is 0 Å². The Morgan fingerprint density at radius 3 is 2.36 bits per heavy atom. The molecule has 0 radical (unpaired) electrons. The van der Waals surface area contributed by atoms with Gasteiger partial charge < -0.3 is 4.74 Å². The lowest BCUT2D eigenvalue weighted by atomic mass is 10.0. The minimum atomic E-state index is -0.179. The highest BCUT2D eigenvalue weighted by Crippen LogP contribution is 2.37. The van der Waals surface area contributed by atoms with Gasteiger partial charge in [0.15, 0.2) is 0 Å². The Kier molecular flexibility index (Phi) is 2.13. The van der Waals surface area contributed by atoms with Crippen molar-refractivity contribution in [2.45, 2.75) is 12.6 Å². The molecule has 14 heavy (non-hydrogen) atoms. The van der Waals surface area contributed by atoms with E-state index in [1.807, 2.05) is 6.07 Å². The molecule has 1 fully saturated rings. The lowest BCUT2D eigenvalue weighted by molar-refractivity contribution is -0.950. The molecule has 1 atom stereocenters. The average molecular weight is 192 g/mol. The summed E-state index contributed by atoms with van der Waals surface area (Å²) in [6.07, 6.45) is 0. The second-order valence-electron chi connectivity index (χ2n) is 4.61. The Bertz CT molecular complexity index is 320. The molecule has 0 aromatic heterocycles. The van der Waals surface area contributed by atoms with Crippen molar-refractivity contribution < 1.29 is 9.22 Å². The molecule has 0 spiro atoms. The third-order valence-electron chi connectivity index (χ3n) is 3.50. The number of ether oxygens (including phenoxy) is 1. The van der Waals surface area contributed by atoms with Crippen LogP contribution in [0.25, 0.3) is 0 Å². The lowest BCUT2D eigenvalue weighted by Crippen LogP contribution is -2.51. The van der Waals surface area contributed by atoms with Crippen LogP contribution in [-0.2, 0) is 10.5 Å². The van der Waals surface area contributed by atoms with Gasteiger partial charge in [-0.25, -0.2) is 0 Å². The number of hydrogen-bond donors (Lipinski definition) is 0. The summed E-state index contributed by atoms with van der Waals surface area (Å²) in [5, 5.41) is 0. The summed E-state index contributed by atoms with van der Waals surface area (Å²) < 4.78 is 6.81. The van der Waals surface area contributed by atoms with Gasteiger partial charge in [0.1, 0.15) is 13.2 Å². The van der Waals surface area contributed by atoms with Crippen molar-refractivity contribution in [1.82, 2.24) is 0 Å². The van der Waals surface area contributed by atoms with Crippen LogP contribution >= 0.6 is 0 Å². The molecular formula is C12H18NO+. The van der Waals surface area contributed by atoms with Crippen LogP contribution in [0.15, 0.2) is 30.3 Å². The zero-order chi connectivity index (χ0) is 10.2. The van der Waals surface area contributed by atoms with E-state index in [1.54, 1.807) is 0 Å². The SMILES string of the molecule is CC1(c2ccccc2)OCC[N+]1(C)C. The van der Waals surface area contributed by atoms with Crippen LogP contribution in [0.5, 0.6) is 0 Å². The molecule has 0 amide bonds. The fourth-order valence-corrected chi connectivity index (χ4v) is 2.04. The standard InChI is InChI=1S/C12H18NO/c1-12(11-7-5-4-6-8-11)13(2,3)9-10-14-12/h4-8H,9-10H2,1-3H3/q+1. The van der Waals surface area contributed by atoms with Gasteiger partial charge in [0.25, 0.3) is 0 Å². The van der Waals surface area contributed by atoms with Gasteiger partial charge in [0.2, 0.25) is 5.72 Å². The van der Waals surface area contributed by atoms with E-state index in [4.69, 9.17) is 4.74 Å². The van der Waals surface area contributed by atoms with Gasteiger partial charge in [0.05, 0.1) is 14.1 Å². The molecular weight excluding hydrogens is 174 g/mol. The topological polar surface area (TPSA) is 9.23 Å². The van der Waals surface area contributed by atoms with Gasteiger partial charge >= 0.3 is 0 Å². The molecule has 2 rings (SSSR count). The Morgan fingerprint density at radius 1 is 1.21 bits per heavy atom. The van der Waals surface area contributed by atoms with Gasteiger partial charge in [0, 0.05) is 12.5 Å². The van der Waals surface area contributed by atoms with Crippen LogP contribution in [-0.4, -0.2) is 31.7 Å². The molecule has 2 heteroatoms. The molecule has 0 bridgehead atoms. The number of rotatable bonds is 1. The fraction of sp³-hybridized carbons (Fsp3) is 0.500. The first-order valence-corrected chi connectivity index (χ1v) is 5.09. The minimum absolute atomic E-state index is 0.179. The largest absolute Gasteiger partial charge is 0.317 e. The maximum Gasteiger partial charge on any atom is 0.227 e. The summed E-state index contributed by atoms with van der Waals surface area (Å²) in [6, 6.07) is 10.5. The molecule has 1 saturated heterocycles. The third-order valence-corrected chi connectivity index (χ3v) is 3.50. The Morgan fingerprint density at radius 2 is 1.86 bits per heavy atom. The molecule has 0 N–H and O–H groups in total. The summed E-state index contributed by atoms with van der Waals surface area (Å²) in [7, 11) is 4.44. The van der Waals surface area contributed by atoms with E-state index in [9.17, 15) is 0 Å². The van der Waals surface area contributed by atoms with Crippen LogP contribution in [0.1, 0.15) is 12.5 Å². The molecule has 2 nitrogen and oxygen atoms in total. The van der Waals surface area contributed by atoms with E-state index in [-0.39, 0.29) is 5.72 Å². The number of benzene rings is 1. The van der Waals surface area contributed by atoms with Crippen molar-refractivity contribution >= 4 is 0 Å². The third kappa shape index (κ3) is 1.26. The molecule has 1 aliphatic rings. The van der Waals surface area contributed by atoms with Crippen molar-refractivity contribution in [3.05, 3.63) is 35.9 Å². The van der Waals surface area contributed by atoms with Crippen molar-refractivity contribution in [2.75, 3.05) is 27.2 Å². The second-order valence-corrected chi connectivity index (χ2v) is 4.61. The highest BCUT2D eigenvalue weighted by molar-refractivity contribution is 5.19. The van der Waals surface area contributed by atoms with Gasteiger partial charge in [-0.1, -0.05) is 30.3 Å². The molecule has 76 valence electrons. The maximum absolute atomic E-state index is 5.91. The van der Waals surface area contributed by atoms with Gasteiger partial charge in [-0.15, -0.1) is 0 Å². The van der Waals surface area contributed by atoms with Gasteiger partial charge in [-0.2, -0.15) is 0 Å². The van der Waals surface area contributed by atoms with E-state index in [0.717, 1.165) is 17.6 Å². The summed E-state index contributed by atoms with van der Waals surface area (Å²) in [5.74, 6) is 0. The predicted molar refractivity (Wildman–Crippen MR) is 56.7 cm³/mol. The van der Waals surface area contributed by atoms with Crippen LogP contribution in [0, 0.1) is 0 Å². The Labute approximate surface area is 85.7 Å². The number of likely N-dealkylation sites (N-methyl/N-ethyl adjacent to an activating group) is 1. The first kappa shape index (κ1) is 9.69. The number of hydrogen-bond acceptors (Lipinski definition) is 1. The average Bonchev–Trinajstić information content (AvgIpc) is 2.44. The van der Waals surface area contributed by atoms with Gasteiger partial charge in [-0.05, 0) is 0 Å². The summed E-state index contributed by atoms with van der Waals surface area (Å²) in [5.41, 5.74) is 1.09. The fourth-order valence-electron chi connectivity index (χ4n) is 2.04. The van der Waals surface area contributed by atoms with E-state index in [1.165, 1.54) is 5.56 Å². The Balaban J connectivity index is 2.42. The molecule has 0 aliphatic carbocycles. The van der Waals surface area contributed by atoms with Crippen LogP contribution in [0.2, 0.25) is 0 Å². The number of quaternary nitrogens is 1. The molecule has 1 aliphatic heterocycles. The minimum Gasteiger partial charge on any atom is -0.317 e. The lowest BCUT2D eigenvalue weighted by Gasteiger charge is -2.39. The van der Waals surface area contributed by atoms with Crippen molar-refractivity contribution in [3.8, 4) is 0 Å². The van der Waals surface area contributed by atoms with Crippen LogP contribution in [0.4, 0.5) is 0 Å². The van der Waals surface area contributed by atoms with E-state index < -0.39 is 0 Å². The molecule has 1 unspecified atom stereocenters. The van der Waals surface area contributed by atoms with E-state index in [2.05, 4.69) is 45.3 Å². The number of nitrogens with zero attached hydrogens (tertiary/aromatic N) is 1. The molecule has 1 aromatic carbocycles. The monoisotopic (exact) mass is 192 g/mol. The molecule has 0 saturated carbocycles. The Hall–Kier alpha value is -0.860. The van der Waals surface area contributed by atoms with Crippen molar-refractivity contribution in [2.24, 2.45) is 0 Å². The highest BCUT2D eigenvalue weighted by Gasteiger charge is 2.48. The maximum atomic E-state index is 5.91. The first-order valence-electron chi connectivity index (χ1n) is 5.09. The normalized spacial score (nSPS) is 30.5. The summed E-state index contributed by atoms with van der Waals surface area (Å²) >= 11 is 0. The quantitative estimate of drug-likeness (QED) is 0.618. The van der Waals surface area contributed by atoms with Crippen LogP contribution in [0.3, 0.4) is 0 Å². The first-order chi connectivity index (χ1) is 6.56. The summed E-state index contributed by atoms with van der Waals surface area (Å²) in [4.78, 5) is 0. The zero-order valence-corrected chi connectivity index (χ0v) is 9.16. The van der Waals surface area contributed by atoms with Gasteiger partial charge in [-0.3, -0.25) is 4.48 Å².